The van der Waals surface area contributed by atoms with Gasteiger partial charge in [0, 0.05) is 18.1 Å². The lowest BCUT2D eigenvalue weighted by Crippen LogP contribution is -2.22. The molecule has 4 unspecified atom stereocenters. The third-order valence-corrected chi connectivity index (χ3v) is 7.56. The largest absolute Gasteiger partial charge is 0.502 e. The summed E-state index contributed by atoms with van der Waals surface area (Å²) in [4.78, 5) is 13.1. The lowest BCUT2D eigenvalue weighted by molar-refractivity contribution is 0.226. The highest BCUT2D eigenvalue weighted by Gasteiger charge is 2.25. The zero-order valence-electron chi connectivity index (χ0n) is 22.8. The van der Waals surface area contributed by atoms with E-state index in [-0.39, 0.29) is 27.9 Å². The highest BCUT2D eigenvalue weighted by Crippen LogP contribution is 2.40. The van der Waals surface area contributed by atoms with E-state index in [1.165, 1.54) is 25.9 Å². The maximum Gasteiger partial charge on any atom is 0.202 e. The van der Waals surface area contributed by atoms with Gasteiger partial charge in [-0.3, -0.25) is 4.79 Å². The smallest absolute Gasteiger partial charge is 0.202 e. The maximum atomic E-state index is 13.1. The Balaban J connectivity index is 2.20. The molecule has 0 bridgehead atoms. The van der Waals surface area contributed by atoms with Gasteiger partial charge in [0.1, 0.15) is 16.9 Å². The van der Waals surface area contributed by atoms with Crippen LogP contribution in [0.5, 0.6) is 17.2 Å². The van der Waals surface area contributed by atoms with Crippen LogP contribution in [0.2, 0.25) is 0 Å². The average molecular weight is 483 g/mol. The molecule has 1 aromatic heterocycles. The van der Waals surface area contributed by atoms with Crippen LogP contribution in [0.4, 0.5) is 0 Å². The number of benzene rings is 1. The molecule has 0 saturated heterocycles. The molecule has 35 heavy (non-hydrogen) atoms. The fourth-order valence-corrected chi connectivity index (χ4v) is 4.32. The fourth-order valence-electron chi connectivity index (χ4n) is 4.32. The summed E-state index contributed by atoms with van der Waals surface area (Å²) >= 11 is 0. The molecule has 0 saturated carbocycles. The van der Waals surface area contributed by atoms with Crippen molar-refractivity contribution >= 4 is 11.0 Å². The zero-order chi connectivity index (χ0) is 26.3. The lowest BCUT2D eigenvalue weighted by Gasteiger charge is -2.29. The van der Waals surface area contributed by atoms with Gasteiger partial charge in [0.15, 0.2) is 16.8 Å². The van der Waals surface area contributed by atoms with Crippen LogP contribution in [-0.4, -0.2) is 19.3 Å². The lowest BCUT2D eigenvalue weighted by atomic mass is 9.76. The van der Waals surface area contributed by atoms with Crippen molar-refractivity contribution in [1.82, 2.24) is 0 Å². The number of aromatic hydroxyl groups is 1. The summed E-state index contributed by atoms with van der Waals surface area (Å²) < 4.78 is 16.7. The van der Waals surface area contributed by atoms with Crippen LogP contribution in [-0.2, 0) is 6.42 Å². The summed E-state index contributed by atoms with van der Waals surface area (Å²) in [6, 6.07) is 1.51. The molecule has 0 spiro atoms. The van der Waals surface area contributed by atoms with E-state index < -0.39 is 0 Å². The van der Waals surface area contributed by atoms with Crippen LogP contribution in [0, 0.1) is 30.6 Å². The average Bonchev–Trinajstić information content (AvgIpc) is 2.86. The van der Waals surface area contributed by atoms with Crippen molar-refractivity contribution < 1.29 is 19.0 Å². The molecule has 0 aliphatic rings. The summed E-state index contributed by atoms with van der Waals surface area (Å²) in [5.41, 5.74) is 1.72. The van der Waals surface area contributed by atoms with E-state index in [4.69, 9.17) is 13.9 Å². The molecule has 192 valence electrons. The highest BCUT2D eigenvalue weighted by atomic mass is 16.5. The number of ether oxygens (including phenoxy) is 2. The third-order valence-electron chi connectivity index (χ3n) is 7.56. The first-order chi connectivity index (χ1) is 16.6. The Morgan fingerprint density at radius 3 is 2.34 bits per heavy atom. The molecule has 1 aromatic carbocycles. The Bertz CT molecular complexity index is 1150. The number of rotatable bonds is 11. The van der Waals surface area contributed by atoms with Gasteiger partial charge < -0.3 is 19.0 Å². The first kappa shape index (κ1) is 28.3. The second kappa shape index (κ2) is 12.7. The van der Waals surface area contributed by atoms with Gasteiger partial charge in [-0.15, -0.1) is 0 Å². The molecule has 2 rings (SSSR count). The molecule has 0 fully saturated rings. The summed E-state index contributed by atoms with van der Waals surface area (Å²) in [5, 5.41) is 10.9. The minimum Gasteiger partial charge on any atom is -0.502 e. The number of phenols is 1. The van der Waals surface area contributed by atoms with Crippen LogP contribution in [0.25, 0.3) is 11.0 Å². The summed E-state index contributed by atoms with van der Waals surface area (Å²) in [5.74, 6) is 2.80. The van der Waals surface area contributed by atoms with Crippen molar-refractivity contribution in [2.45, 2.75) is 61.3 Å². The van der Waals surface area contributed by atoms with Crippen molar-refractivity contribution in [3.05, 3.63) is 63.6 Å². The third kappa shape index (κ3) is 6.59. The van der Waals surface area contributed by atoms with Crippen LogP contribution in [0.1, 0.15) is 59.3 Å². The molecule has 2 aromatic rings. The second-order valence-corrected chi connectivity index (χ2v) is 9.68. The SMILES string of the molecule is CC=C(C)C=CC=CC(C)C(C)C(C)C(C)CCc1oc2c(O)c(OC)cc(OC)c2c(=O)c1C. The standard InChI is InChI=1S/C30H42O5/c1-10-18(2)13-11-12-14-19(3)21(5)22(6)20(4)15-16-24-23(7)28(31)27-25(33-8)17-26(34-9)29(32)30(27)35-24/h10-14,17,19-22,32H,15-16H2,1-9H3. The predicted molar refractivity (Wildman–Crippen MR) is 145 cm³/mol. The summed E-state index contributed by atoms with van der Waals surface area (Å²) in [6.07, 6.45) is 12.2. The van der Waals surface area contributed by atoms with Gasteiger partial charge in [-0.05, 0) is 50.9 Å². The van der Waals surface area contributed by atoms with Crippen molar-refractivity contribution in [2.24, 2.45) is 23.7 Å². The maximum absolute atomic E-state index is 13.1. The van der Waals surface area contributed by atoms with Gasteiger partial charge in [-0.1, -0.05) is 63.6 Å². The molecule has 0 amide bonds. The molecule has 5 heteroatoms. The van der Waals surface area contributed by atoms with Gasteiger partial charge in [0.2, 0.25) is 5.75 Å². The van der Waals surface area contributed by atoms with Gasteiger partial charge in [-0.25, -0.2) is 0 Å². The van der Waals surface area contributed by atoms with Crippen LogP contribution >= 0.6 is 0 Å². The molecule has 0 radical (unpaired) electrons. The van der Waals surface area contributed by atoms with Crippen molar-refractivity contribution in [3.63, 3.8) is 0 Å². The van der Waals surface area contributed by atoms with E-state index in [1.54, 1.807) is 6.92 Å². The van der Waals surface area contributed by atoms with E-state index in [1.807, 2.05) is 6.92 Å². The van der Waals surface area contributed by atoms with Crippen molar-refractivity contribution in [3.8, 4) is 17.2 Å². The molecule has 1 heterocycles. The zero-order valence-corrected chi connectivity index (χ0v) is 22.8. The number of aryl methyl sites for hydroxylation is 1. The van der Waals surface area contributed by atoms with Crippen LogP contribution in [0.3, 0.4) is 0 Å². The number of hydrogen-bond acceptors (Lipinski definition) is 5. The predicted octanol–water partition coefficient (Wildman–Crippen LogP) is 7.38. The van der Waals surface area contributed by atoms with E-state index >= 15 is 0 Å². The van der Waals surface area contributed by atoms with Gasteiger partial charge in [0.25, 0.3) is 0 Å². The molecular weight excluding hydrogens is 440 g/mol. The summed E-state index contributed by atoms with van der Waals surface area (Å²) in [6.45, 7) is 15.0. The molecule has 5 nitrogen and oxygen atoms in total. The number of hydrogen-bond donors (Lipinski definition) is 1. The fraction of sp³-hybridized carbons (Fsp3) is 0.500. The molecule has 1 N–H and O–H groups in total. The van der Waals surface area contributed by atoms with Crippen molar-refractivity contribution in [1.29, 1.82) is 0 Å². The normalized spacial score (nSPS) is 16.1. The number of phenolic OH excluding ortho intramolecular Hbond substituents is 1. The molecular formula is C30H42O5. The van der Waals surface area contributed by atoms with Crippen molar-refractivity contribution in [2.75, 3.05) is 14.2 Å². The van der Waals surface area contributed by atoms with Gasteiger partial charge in [0.05, 0.1) is 14.2 Å². The van der Waals surface area contributed by atoms with Crippen LogP contribution in [0.15, 0.2) is 51.2 Å². The second-order valence-electron chi connectivity index (χ2n) is 9.68. The van der Waals surface area contributed by atoms with E-state index in [0.29, 0.717) is 47.2 Å². The quantitative estimate of drug-likeness (QED) is 0.338. The summed E-state index contributed by atoms with van der Waals surface area (Å²) in [7, 11) is 2.93. The highest BCUT2D eigenvalue weighted by molar-refractivity contribution is 5.91. The minimum atomic E-state index is -0.190. The van der Waals surface area contributed by atoms with Crippen LogP contribution < -0.4 is 14.9 Å². The Morgan fingerprint density at radius 1 is 1.09 bits per heavy atom. The Labute approximate surface area is 210 Å². The number of methoxy groups -OCH3 is 2. The number of fused-ring (bicyclic) bond motifs is 1. The Kier molecular flexibility index (Phi) is 10.2. The molecule has 0 aliphatic heterocycles. The number of allylic oxidation sites excluding steroid dienone is 6. The molecule has 4 atom stereocenters. The van der Waals surface area contributed by atoms with E-state index in [9.17, 15) is 9.90 Å². The Hall–Kier alpha value is -2.95. The Morgan fingerprint density at radius 2 is 1.74 bits per heavy atom. The van der Waals surface area contributed by atoms with Gasteiger partial charge >= 0.3 is 0 Å². The first-order valence-corrected chi connectivity index (χ1v) is 12.4. The topological polar surface area (TPSA) is 68.9 Å². The van der Waals surface area contributed by atoms with E-state index in [2.05, 4.69) is 65.0 Å². The van der Waals surface area contributed by atoms with Gasteiger partial charge in [-0.2, -0.15) is 0 Å². The molecule has 0 aliphatic carbocycles. The van der Waals surface area contributed by atoms with E-state index in [0.717, 1.165) is 6.42 Å². The first-order valence-electron chi connectivity index (χ1n) is 12.4. The minimum absolute atomic E-state index is 0.112. The monoisotopic (exact) mass is 482 g/mol.